The topological polar surface area (TPSA) is 66.5 Å². The average molecular weight is 393 g/mol. The van der Waals surface area contributed by atoms with Gasteiger partial charge in [0.15, 0.2) is 0 Å². The molecule has 3 aliphatic rings. The molecule has 140 valence electrons. The Balaban J connectivity index is 1.36. The van der Waals surface area contributed by atoms with Crippen LogP contribution in [0, 0.1) is 23.7 Å². The zero-order valence-corrected chi connectivity index (χ0v) is 15.6. The van der Waals surface area contributed by atoms with Crippen molar-refractivity contribution in [1.82, 2.24) is 0 Å². The summed E-state index contributed by atoms with van der Waals surface area (Å²) in [5.74, 6) is -0.663. The lowest BCUT2D eigenvalue weighted by Gasteiger charge is -2.17. The smallest absolute Gasteiger partial charge is 0.255 e. The second-order valence-electron chi connectivity index (χ2n) is 7.49. The molecule has 3 amide bonds. The predicted molar refractivity (Wildman–Crippen MR) is 106 cm³/mol. The minimum absolute atomic E-state index is 0.125. The highest BCUT2D eigenvalue weighted by molar-refractivity contribution is 6.33. The Kier molecular flexibility index (Phi) is 3.88. The number of para-hydroxylation sites is 1. The van der Waals surface area contributed by atoms with Crippen molar-refractivity contribution in [2.75, 3.05) is 10.2 Å². The molecule has 4 atom stereocenters. The van der Waals surface area contributed by atoms with E-state index in [9.17, 15) is 14.4 Å². The SMILES string of the molecule is O=C(Nc1ccccc1Cl)c1ccc(N2C(=O)[C@@H]3[C@H](C2=O)[C@@H]2C=C[C@@H]3C2)cc1. The van der Waals surface area contributed by atoms with E-state index in [0.717, 1.165) is 6.42 Å². The molecule has 2 aromatic carbocycles. The number of carbonyl (C=O) groups is 3. The number of imide groups is 1. The van der Waals surface area contributed by atoms with Crippen molar-refractivity contribution in [2.45, 2.75) is 6.42 Å². The number of anilines is 2. The third-order valence-electron chi connectivity index (χ3n) is 5.98. The van der Waals surface area contributed by atoms with Gasteiger partial charge in [0.1, 0.15) is 0 Å². The zero-order chi connectivity index (χ0) is 19.4. The summed E-state index contributed by atoms with van der Waals surface area (Å²) < 4.78 is 0. The molecule has 28 heavy (non-hydrogen) atoms. The minimum atomic E-state index is -0.308. The number of halogens is 1. The van der Waals surface area contributed by atoms with Crippen molar-refractivity contribution < 1.29 is 14.4 Å². The summed E-state index contributed by atoms with van der Waals surface area (Å²) in [7, 11) is 0. The molecular weight excluding hydrogens is 376 g/mol. The highest BCUT2D eigenvalue weighted by Crippen LogP contribution is 2.53. The maximum absolute atomic E-state index is 12.9. The van der Waals surface area contributed by atoms with Crippen molar-refractivity contribution in [3.8, 4) is 0 Å². The fourth-order valence-electron chi connectivity index (χ4n) is 4.68. The summed E-state index contributed by atoms with van der Waals surface area (Å²) in [5.41, 5.74) is 1.46. The van der Waals surface area contributed by atoms with Crippen LogP contribution < -0.4 is 10.2 Å². The Bertz CT molecular complexity index is 1000. The number of nitrogens with one attached hydrogen (secondary N) is 1. The lowest BCUT2D eigenvalue weighted by molar-refractivity contribution is -0.123. The van der Waals surface area contributed by atoms with Gasteiger partial charge >= 0.3 is 0 Å². The first kappa shape index (κ1) is 17.2. The Labute approximate surface area is 167 Å². The molecule has 1 aliphatic heterocycles. The molecule has 0 spiro atoms. The zero-order valence-electron chi connectivity index (χ0n) is 14.8. The van der Waals surface area contributed by atoms with E-state index in [0.29, 0.717) is 22.0 Å². The molecule has 1 heterocycles. The summed E-state index contributed by atoms with van der Waals surface area (Å²) in [6.07, 6.45) is 5.05. The number of allylic oxidation sites excluding steroid dienone is 2. The van der Waals surface area contributed by atoms with Gasteiger partial charge in [-0.3, -0.25) is 19.3 Å². The first-order valence-electron chi connectivity index (χ1n) is 9.26. The van der Waals surface area contributed by atoms with Gasteiger partial charge < -0.3 is 5.32 Å². The molecule has 2 aromatic rings. The standard InChI is InChI=1S/C22H17ClN2O3/c23-16-3-1-2-4-17(16)24-20(26)12-7-9-15(10-8-12)25-21(27)18-13-5-6-14(11-13)19(18)22(25)28/h1-10,13-14,18-19H,11H2,(H,24,26)/t13-,14-,18-,19+/m1/s1. The van der Waals surface area contributed by atoms with Crippen LogP contribution in [0.2, 0.25) is 5.02 Å². The molecule has 6 heteroatoms. The first-order valence-corrected chi connectivity index (χ1v) is 9.64. The number of hydrogen-bond acceptors (Lipinski definition) is 3. The molecule has 2 aliphatic carbocycles. The number of amides is 3. The third kappa shape index (κ3) is 2.50. The van der Waals surface area contributed by atoms with Gasteiger partial charge in [-0.25, -0.2) is 0 Å². The second-order valence-corrected chi connectivity index (χ2v) is 7.90. The van der Waals surface area contributed by atoms with Crippen LogP contribution in [0.15, 0.2) is 60.7 Å². The Hall–Kier alpha value is -2.92. The van der Waals surface area contributed by atoms with Crippen molar-refractivity contribution in [3.05, 3.63) is 71.3 Å². The van der Waals surface area contributed by atoms with Crippen LogP contribution in [0.25, 0.3) is 0 Å². The first-order chi connectivity index (χ1) is 13.5. The Morgan fingerprint density at radius 2 is 1.54 bits per heavy atom. The van der Waals surface area contributed by atoms with Crippen LogP contribution >= 0.6 is 11.6 Å². The normalized spacial score (nSPS) is 27.4. The largest absolute Gasteiger partial charge is 0.321 e. The number of benzene rings is 2. The number of hydrogen-bond donors (Lipinski definition) is 1. The molecule has 5 rings (SSSR count). The number of carbonyl (C=O) groups excluding carboxylic acids is 3. The summed E-state index contributed by atoms with van der Waals surface area (Å²) in [5, 5.41) is 3.21. The summed E-state index contributed by atoms with van der Waals surface area (Å²) in [4.78, 5) is 39.5. The molecule has 0 aromatic heterocycles. The third-order valence-corrected chi connectivity index (χ3v) is 6.31. The Morgan fingerprint density at radius 1 is 0.929 bits per heavy atom. The molecule has 0 radical (unpaired) electrons. The fraction of sp³-hybridized carbons (Fsp3) is 0.227. The van der Waals surface area contributed by atoms with E-state index in [1.807, 2.05) is 0 Å². The maximum atomic E-state index is 12.9. The minimum Gasteiger partial charge on any atom is -0.321 e. The van der Waals surface area contributed by atoms with Crippen molar-refractivity contribution in [1.29, 1.82) is 0 Å². The molecule has 5 nitrogen and oxygen atoms in total. The highest BCUT2D eigenvalue weighted by atomic mass is 35.5. The van der Waals surface area contributed by atoms with Crippen LogP contribution in [0.1, 0.15) is 16.8 Å². The molecule has 2 bridgehead atoms. The van der Waals surface area contributed by atoms with Gasteiger partial charge in [-0.05, 0) is 54.7 Å². The van der Waals surface area contributed by atoms with E-state index >= 15 is 0 Å². The van der Waals surface area contributed by atoms with Gasteiger partial charge in [0.2, 0.25) is 11.8 Å². The Morgan fingerprint density at radius 3 is 2.14 bits per heavy atom. The monoisotopic (exact) mass is 392 g/mol. The van der Waals surface area contributed by atoms with Crippen LogP contribution in [0.3, 0.4) is 0 Å². The molecule has 2 fully saturated rings. The molecule has 1 saturated heterocycles. The quantitative estimate of drug-likeness (QED) is 0.636. The van der Waals surface area contributed by atoms with Gasteiger partial charge in [0.25, 0.3) is 5.91 Å². The lowest BCUT2D eigenvalue weighted by atomic mass is 9.85. The van der Waals surface area contributed by atoms with Gasteiger partial charge in [0.05, 0.1) is 28.2 Å². The average Bonchev–Trinajstić information content (AvgIpc) is 3.38. The van der Waals surface area contributed by atoms with E-state index in [2.05, 4.69) is 17.5 Å². The molecule has 0 unspecified atom stereocenters. The van der Waals surface area contributed by atoms with E-state index in [-0.39, 0.29) is 41.4 Å². The lowest BCUT2D eigenvalue weighted by Crippen LogP contribution is -2.32. The molecule has 1 N–H and O–H groups in total. The fourth-order valence-corrected chi connectivity index (χ4v) is 4.86. The van der Waals surface area contributed by atoms with Gasteiger partial charge in [-0.1, -0.05) is 35.9 Å². The van der Waals surface area contributed by atoms with E-state index in [1.54, 1.807) is 48.5 Å². The summed E-state index contributed by atoms with van der Waals surface area (Å²) in [6.45, 7) is 0. The van der Waals surface area contributed by atoms with Crippen molar-refractivity contribution >= 4 is 40.7 Å². The number of rotatable bonds is 3. The number of nitrogens with zero attached hydrogens (tertiary/aromatic N) is 1. The summed E-state index contributed by atoms with van der Waals surface area (Å²) in [6, 6.07) is 13.5. The van der Waals surface area contributed by atoms with Gasteiger partial charge in [-0.15, -0.1) is 0 Å². The van der Waals surface area contributed by atoms with Crippen molar-refractivity contribution in [3.63, 3.8) is 0 Å². The second kappa shape index (κ2) is 6.31. The van der Waals surface area contributed by atoms with Crippen LogP contribution in [-0.4, -0.2) is 17.7 Å². The summed E-state index contributed by atoms with van der Waals surface area (Å²) >= 11 is 6.07. The highest BCUT2D eigenvalue weighted by Gasteiger charge is 2.59. The van der Waals surface area contributed by atoms with Gasteiger partial charge in [0, 0.05) is 5.56 Å². The van der Waals surface area contributed by atoms with E-state index in [1.165, 1.54) is 4.90 Å². The van der Waals surface area contributed by atoms with Crippen LogP contribution in [0.5, 0.6) is 0 Å². The number of fused-ring (bicyclic) bond motifs is 5. The van der Waals surface area contributed by atoms with Crippen LogP contribution in [0.4, 0.5) is 11.4 Å². The maximum Gasteiger partial charge on any atom is 0.255 e. The van der Waals surface area contributed by atoms with Crippen LogP contribution in [-0.2, 0) is 9.59 Å². The predicted octanol–water partition coefficient (Wildman–Crippen LogP) is 3.90. The van der Waals surface area contributed by atoms with Gasteiger partial charge in [-0.2, -0.15) is 0 Å². The molecular formula is C22H17ClN2O3. The molecule has 1 saturated carbocycles. The van der Waals surface area contributed by atoms with Crippen molar-refractivity contribution in [2.24, 2.45) is 23.7 Å². The van der Waals surface area contributed by atoms with E-state index in [4.69, 9.17) is 11.6 Å². The van der Waals surface area contributed by atoms with E-state index < -0.39 is 0 Å².